The van der Waals surface area contributed by atoms with Gasteiger partial charge in [0.25, 0.3) is 0 Å². The number of rotatable bonds is 3. The highest BCUT2D eigenvalue weighted by atomic mass is 16.5. The Kier molecular flexibility index (Phi) is 4.26. The van der Waals surface area contributed by atoms with Crippen molar-refractivity contribution in [1.82, 2.24) is 4.90 Å². The molecule has 1 aromatic rings. The third-order valence-electron chi connectivity index (χ3n) is 4.59. The van der Waals surface area contributed by atoms with Gasteiger partial charge in [0.15, 0.2) is 0 Å². The van der Waals surface area contributed by atoms with Crippen molar-refractivity contribution in [1.29, 1.82) is 0 Å². The monoisotopic (exact) mass is 313 g/mol. The number of hydrogen-bond donors (Lipinski definition) is 0. The predicted octanol–water partition coefficient (Wildman–Crippen LogP) is 3.14. The van der Waals surface area contributed by atoms with E-state index in [1.54, 1.807) is 0 Å². The Morgan fingerprint density at radius 3 is 2.70 bits per heavy atom. The minimum atomic E-state index is -0.300. The fourth-order valence-corrected chi connectivity index (χ4v) is 3.57. The molecule has 122 valence electrons. The first kappa shape index (κ1) is 15.8. The number of esters is 1. The molecule has 0 fully saturated rings. The van der Waals surface area contributed by atoms with E-state index in [2.05, 4.69) is 23.1 Å². The highest BCUT2D eigenvalue weighted by molar-refractivity contribution is 5.93. The fourth-order valence-electron chi connectivity index (χ4n) is 3.57. The van der Waals surface area contributed by atoms with Crippen LogP contribution in [-0.2, 0) is 20.7 Å². The van der Waals surface area contributed by atoms with Crippen molar-refractivity contribution < 1.29 is 14.3 Å². The lowest BCUT2D eigenvalue weighted by atomic mass is 9.82. The van der Waals surface area contributed by atoms with E-state index in [0.29, 0.717) is 17.8 Å². The average Bonchev–Trinajstić information content (AvgIpc) is 2.58. The Morgan fingerprint density at radius 1 is 1.30 bits per heavy atom. The maximum absolute atomic E-state index is 12.4. The number of carbonyl (C=O) groups is 1. The van der Waals surface area contributed by atoms with E-state index in [0.717, 1.165) is 24.2 Å². The van der Waals surface area contributed by atoms with Gasteiger partial charge in [-0.3, -0.25) is 4.90 Å². The molecule has 1 aliphatic heterocycles. The van der Waals surface area contributed by atoms with Gasteiger partial charge in [-0.25, -0.2) is 4.79 Å². The van der Waals surface area contributed by atoms with Crippen LogP contribution in [0.5, 0.6) is 0 Å². The maximum atomic E-state index is 12.4. The number of methoxy groups -OCH3 is 1. The average molecular weight is 313 g/mol. The van der Waals surface area contributed by atoms with Crippen molar-refractivity contribution in [2.75, 3.05) is 21.2 Å². The first-order chi connectivity index (χ1) is 11.1. The molecule has 23 heavy (non-hydrogen) atoms. The Bertz CT molecular complexity index is 700. The van der Waals surface area contributed by atoms with Crippen LogP contribution in [0.15, 0.2) is 41.2 Å². The molecule has 0 bridgehead atoms. The molecule has 2 aliphatic rings. The molecule has 4 heteroatoms. The molecule has 0 saturated heterocycles. The molecule has 0 aromatic heterocycles. The minimum absolute atomic E-state index is 0.0884. The van der Waals surface area contributed by atoms with Gasteiger partial charge in [0, 0.05) is 12.0 Å². The highest BCUT2D eigenvalue weighted by Crippen LogP contribution is 2.43. The van der Waals surface area contributed by atoms with Gasteiger partial charge in [-0.2, -0.15) is 0 Å². The van der Waals surface area contributed by atoms with E-state index in [4.69, 9.17) is 9.47 Å². The fraction of sp³-hybridized carbons (Fsp3) is 0.421. The summed E-state index contributed by atoms with van der Waals surface area (Å²) in [5.41, 5.74) is 4.26. The minimum Gasteiger partial charge on any atom is -0.466 e. The second-order valence-corrected chi connectivity index (χ2v) is 6.16. The highest BCUT2D eigenvalue weighted by Gasteiger charge is 2.39. The third-order valence-corrected chi connectivity index (χ3v) is 4.59. The van der Waals surface area contributed by atoms with Crippen LogP contribution < -0.4 is 0 Å². The number of aryl methyl sites for hydroxylation is 1. The van der Waals surface area contributed by atoms with E-state index < -0.39 is 0 Å². The van der Waals surface area contributed by atoms with E-state index in [-0.39, 0.29) is 12.0 Å². The standard InChI is InChI=1S/C19H23NO3/c1-5-15-16(19(21)22-4)17(20(2)3)14-11-10-12-8-6-7-9-13(12)18(14)23-15/h6-9,17H,5,10-11H2,1-4H3. The second kappa shape index (κ2) is 6.20. The summed E-state index contributed by atoms with van der Waals surface area (Å²) in [6.45, 7) is 2.01. The van der Waals surface area contributed by atoms with Gasteiger partial charge in [-0.05, 0) is 38.1 Å². The quantitative estimate of drug-likeness (QED) is 0.804. The smallest absolute Gasteiger partial charge is 0.339 e. The largest absolute Gasteiger partial charge is 0.466 e. The van der Waals surface area contributed by atoms with E-state index in [1.807, 2.05) is 27.1 Å². The van der Waals surface area contributed by atoms with Crippen molar-refractivity contribution >= 4 is 11.7 Å². The van der Waals surface area contributed by atoms with E-state index in [1.165, 1.54) is 18.2 Å². The van der Waals surface area contributed by atoms with Crippen LogP contribution in [0.25, 0.3) is 5.76 Å². The lowest BCUT2D eigenvalue weighted by molar-refractivity contribution is -0.137. The summed E-state index contributed by atoms with van der Waals surface area (Å²) in [6.07, 6.45) is 2.53. The number of likely N-dealkylation sites (N-methyl/N-ethyl adjacent to an activating group) is 1. The second-order valence-electron chi connectivity index (χ2n) is 6.16. The molecule has 0 spiro atoms. The van der Waals surface area contributed by atoms with Gasteiger partial charge < -0.3 is 9.47 Å². The zero-order valence-corrected chi connectivity index (χ0v) is 14.2. The lowest BCUT2D eigenvalue weighted by Gasteiger charge is -2.37. The van der Waals surface area contributed by atoms with Gasteiger partial charge >= 0.3 is 5.97 Å². The summed E-state index contributed by atoms with van der Waals surface area (Å²) in [5.74, 6) is 1.34. The molecule has 0 N–H and O–H groups in total. The number of carbonyl (C=O) groups excluding carboxylic acids is 1. The third kappa shape index (κ3) is 2.57. The van der Waals surface area contributed by atoms with E-state index in [9.17, 15) is 4.79 Å². The Hall–Kier alpha value is -2.07. The molecule has 1 aliphatic carbocycles. The molecular formula is C19H23NO3. The maximum Gasteiger partial charge on any atom is 0.339 e. The predicted molar refractivity (Wildman–Crippen MR) is 89.6 cm³/mol. The molecule has 1 heterocycles. The molecular weight excluding hydrogens is 290 g/mol. The van der Waals surface area contributed by atoms with Crippen molar-refractivity contribution in [2.45, 2.75) is 32.2 Å². The van der Waals surface area contributed by atoms with Gasteiger partial charge in [-0.1, -0.05) is 31.2 Å². The van der Waals surface area contributed by atoms with Crippen LogP contribution in [0.2, 0.25) is 0 Å². The topological polar surface area (TPSA) is 38.8 Å². The summed E-state index contributed by atoms with van der Waals surface area (Å²) in [7, 11) is 5.42. The number of benzene rings is 1. The Labute approximate surface area is 137 Å². The molecule has 4 nitrogen and oxygen atoms in total. The molecule has 1 atom stereocenters. The molecule has 0 radical (unpaired) electrons. The van der Waals surface area contributed by atoms with Crippen molar-refractivity contribution in [3.05, 3.63) is 52.3 Å². The summed E-state index contributed by atoms with van der Waals surface area (Å²) < 4.78 is 11.2. The zero-order valence-electron chi connectivity index (χ0n) is 14.2. The molecule has 3 rings (SSSR count). The Morgan fingerprint density at radius 2 is 2.04 bits per heavy atom. The number of ether oxygens (including phenoxy) is 2. The van der Waals surface area contributed by atoms with Crippen LogP contribution >= 0.6 is 0 Å². The van der Waals surface area contributed by atoms with Crippen LogP contribution in [-0.4, -0.2) is 38.1 Å². The first-order valence-corrected chi connectivity index (χ1v) is 8.05. The number of hydrogen-bond acceptors (Lipinski definition) is 4. The summed E-state index contributed by atoms with van der Waals surface area (Å²) in [6, 6.07) is 8.27. The van der Waals surface area contributed by atoms with Gasteiger partial charge in [0.1, 0.15) is 11.5 Å². The molecule has 1 aromatic carbocycles. The van der Waals surface area contributed by atoms with Crippen LogP contribution in [0, 0.1) is 0 Å². The zero-order chi connectivity index (χ0) is 16.6. The van der Waals surface area contributed by atoms with Crippen LogP contribution in [0.1, 0.15) is 30.9 Å². The first-order valence-electron chi connectivity index (χ1n) is 8.05. The summed E-state index contributed by atoms with van der Waals surface area (Å²) >= 11 is 0. The van der Waals surface area contributed by atoms with Crippen molar-refractivity contribution in [3.8, 4) is 0 Å². The van der Waals surface area contributed by atoms with Crippen molar-refractivity contribution in [3.63, 3.8) is 0 Å². The number of nitrogens with zero attached hydrogens (tertiary/aromatic N) is 1. The van der Waals surface area contributed by atoms with E-state index >= 15 is 0 Å². The number of fused-ring (bicyclic) bond motifs is 2. The SMILES string of the molecule is CCC1=C(C(=O)OC)C(N(C)C)C2=C(O1)c1ccccc1CC2. The molecule has 0 amide bonds. The van der Waals surface area contributed by atoms with Crippen LogP contribution in [0.3, 0.4) is 0 Å². The normalized spacial score (nSPS) is 20.1. The Balaban J connectivity index is 2.16. The molecule has 0 saturated carbocycles. The van der Waals surface area contributed by atoms with Gasteiger partial charge in [-0.15, -0.1) is 0 Å². The van der Waals surface area contributed by atoms with Gasteiger partial charge in [0.05, 0.1) is 18.7 Å². The summed E-state index contributed by atoms with van der Waals surface area (Å²) in [4.78, 5) is 14.4. The summed E-state index contributed by atoms with van der Waals surface area (Å²) in [5, 5.41) is 0. The number of allylic oxidation sites excluding steroid dienone is 1. The van der Waals surface area contributed by atoms with Crippen LogP contribution in [0.4, 0.5) is 0 Å². The lowest BCUT2D eigenvalue weighted by Crippen LogP contribution is -2.40. The van der Waals surface area contributed by atoms with Crippen molar-refractivity contribution in [2.24, 2.45) is 0 Å². The molecule has 1 unspecified atom stereocenters. The van der Waals surface area contributed by atoms with Gasteiger partial charge in [0.2, 0.25) is 0 Å².